The number of fused-ring (bicyclic) bond motifs is 11. The molecule has 0 radical (unpaired) electrons. The third-order valence-electron chi connectivity index (χ3n) is 15.2. The van der Waals surface area contributed by atoms with E-state index in [0.717, 1.165) is 89.1 Å². The lowest BCUT2D eigenvalue weighted by Crippen LogP contribution is -2.29. The van der Waals surface area contributed by atoms with Crippen LogP contribution in [-0.4, -0.2) is 0 Å². The Kier molecular flexibility index (Phi) is 10.2. The van der Waals surface area contributed by atoms with E-state index >= 15 is 0 Å². The van der Waals surface area contributed by atoms with E-state index in [0.29, 0.717) is 0 Å². The molecule has 2 aromatic heterocycles. The van der Waals surface area contributed by atoms with Gasteiger partial charge < -0.3 is 18.6 Å². The van der Waals surface area contributed by atoms with Crippen LogP contribution in [0, 0.1) is 0 Å². The number of nitrogens with zero attached hydrogens (tertiary/aromatic N) is 2. The SMILES string of the molecule is CC(C)(C)c1ccc(N(c2ccccc2)c2cc3c(c4c2oc2ccccc24)-c2c(cc(N(c4ccccc4)c4ccc(C(C)(C)C)cc4)c4oc5ccccc5c24)C3(c2ccccc2)c2ccccc2)cc1. The molecule has 1 aliphatic carbocycles. The van der Waals surface area contributed by atoms with Gasteiger partial charge in [-0.25, -0.2) is 0 Å². The van der Waals surface area contributed by atoms with Gasteiger partial charge in [-0.1, -0.05) is 199 Å². The molecule has 13 rings (SSSR count). The van der Waals surface area contributed by atoms with Crippen LogP contribution < -0.4 is 9.80 Å². The van der Waals surface area contributed by atoms with E-state index in [4.69, 9.17) is 8.83 Å². The topological polar surface area (TPSA) is 32.8 Å². The van der Waals surface area contributed by atoms with Gasteiger partial charge in [0.2, 0.25) is 0 Å². The van der Waals surface area contributed by atoms with Gasteiger partial charge in [-0.05, 0) is 128 Å². The van der Waals surface area contributed by atoms with Crippen LogP contribution in [0.4, 0.5) is 34.1 Å². The van der Waals surface area contributed by atoms with Crippen molar-refractivity contribution in [2.45, 2.75) is 57.8 Å². The fraction of sp³-hybridized carbons (Fsp3) is 0.130. The molecule has 2 heterocycles. The summed E-state index contributed by atoms with van der Waals surface area (Å²) in [5.74, 6) is 0. The minimum absolute atomic E-state index is 0.0140. The molecule has 0 fully saturated rings. The Labute approximate surface area is 427 Å². The number of anilines is 6. The van der Waals surface area contributed by atoms with Crippen molar-refractivity contribution in [3.05, 3.63) is 264 Å². The largest absolute Gasteiger partial charge is 0.454 e. The van der Waals surface area contributed by atoms with Gasteiger partial charge in [0.15, 0.2) is 11.2 Å². The zero-order valence-corrected chi connectivity index (χ0v) is 42.2. The molecular weight excluding hydrogens is 889 g/mol. The highest BCUT2D eigenvalue weighted by molar-refractivity contribution is 6.27. The van der Waals surface area contributed by atoms with E-state index < -0.39 is 5.41 Å². The maximum atomic E-state index is 7.32. The fourth-order valence-electron chi connectivity index (χ4n) is 11.7. The van der Waals surface area contributed by atoms with Crippen LogP contribution in [0.2, 0.25) is 0 Å². The molecule has 0 aliphatic heterocycles. The summed E-state index contributed by atoms with van der Waals surface area (Å²) in [6.45, 7) is 13.6. The summed E-state index contributed by atoms with van der Waals surface area (Å²) in [6, 6.07) is 84.0. The molecule has 0 unspecified atom stereocenters. The Balaban J connectivity index is 1.24. The lowest BCUT2D eigenvalue weighted by Gasteiger charge is -2.36. The van der Waals surface area contributed by atoms with Gasteiger partial charge in [-0.3, -0.25) is 0 Å². The standard InChI is InChI=1S/C69H56N2O2/c1-67(2,3)45-35-39-51(40-36-45)70(49-27-15-9-16-28-49)57-43-55-63(61-53-31-19-21-33-59(53)72-65(57)61)64-56(69(55,47-23-11-7-12-24-47)48-25-13-8-14-26-48)44-58(66-62(64)54-32-20-22-34-60(54)73-66)71(50-29-17-10-18-30-50)52-41-37-46(38-42-52)68(4,5)6/h7-44H,1-6H3. The molecule has 0 spiro atoms. The summed E-state index contributed by atoms with van der Waals surface area (Å²) >= 11 is 0. The summed E-state index contributed by atoms with van der Waals surface area (Å²) in [7, 11) is 0. The first-order valence-corrected chi connectivity index (χ1v) is 25.5. The molecule has 0 saturated carbocycles. The lowest BCUT2D eigenvalue weighted by atomic mass is 9.67. The molecule has 10 aromatic carbocycles. The molecule has 73 heavy (non-hydrogen) atoms. The second kappa shape index (κ2) is 16.8. The van der Waals surface area contributed by atoms with Gasteiger partial charge in [0.25, 0.3) is 0 Å². The van der Waals surface area contributed by atoms with Gasteiger partial charge in [-0.15, -0.1) is 0 Å². The Bertz CT molecular complexity index is 3740. The summed E-state index contributed by atoms with van der Waals surface area (Å²) in [5.41, 5.74) is 18.0. The normalized spacial score (nSPS) is 13.2. The molecule has 12 aromatic rings. The van der Waals surface area contributed by atoms with Crippen molar-refractivity contribution in [3.63, 3.8) is 0 Å². The predicted molar refractivity (Wildman–Crippen MR) is 305 cm³/mol. The van der Waals surface area contributed by atoms with Crippen molar-refractivity contribution in [3.8, 4) is 11.1 Å². The Morgan fingerprint density at radius 3 is 1.01 bits per heavy atom. The molecule has 0 bridgehead atoms. The van der Waals surface area contributed by atoms with E-state index in [1.807, 2.05) is 0 Å². The van der Waals surface area contributed by atoms with Crippen LogP contribution in [-0.2, 0) is 16.2 Å². The van der Waals surface area contributed by atoms with Gasteiger partial charge in [0, 0.05) is 44.3 Å². The molecule has 0 N–H and O–H groups in total. The van der Waals surface area contributed by atoms with Crippen LogP contribution in [0.5, 0.6) is 0 Å². The van der Waals surface area contributed by atoms with Crippen molar-refractivity contribution >= 4 is 78.0 Å². The smallest absolute Gasteiger partial charge is 0.160 e. The Hall–Kier alpha value is -8.60. The highest BCUT2D eigenvalue weighted by atomic mass is 16.3. The molecule has 1 aliphatic rings. The zero-order chi connectivity index (χ0) is 49.6. The fourth-order valence-corrected chi connectivity index (χ4v) is 11.7. The van der Waals surface area contributed by atoms with Crippen molar-refractivity contribution in [1.29, 1.82) is 0 Å². The van der Waals surface area contributed by atoms with Crippen LogP contribution in [0.3, 0.4) is 0 Å². The van der Waals surface area contributed by atoms with Gasteiger partial charge >= 0.3 is 0 Å². The van der Waals surface area contributed by atoms with Gasteiger partial charge in [0.05, 0.1) is 16.8 Å². The third-order valence-corrected chi connectivity index (χ3v) is 15.2. The zero-order valence-electron chi connectivity index (χ0n) is 42.2. The van der Waals surface area contributed by atoms with Crippen molar-refractivity contribution < 1.29 is 8.83 Å². The molecule has 4 nitrogen and oxygen atoms in total. The summed E-state index contributed by atoms with van der Waals surface area (Å²) < 4.78 is 14.6. The van der Waals surface area contributed by atoms with Crippen molar-refractivity contribution in [2.75, 3.05) is 9.80 Å². The van der Waals surface area contributed by atoms with Crippen LogP contribution in [0.1, 0.15) is 74.9 Å². The average molecular weight is 945 g/mol. The molecule has 0 amide bonds. The second-order valence-electron chi connectivity index (χ2n) is 21.7. The van der Waals surface area contributed by atoms with E-state index in [-0.39, 0.29) is 10.8 Å². The quantitative estimate of drug-likeness (QED) is 0.152. The summed E-state index contributed by atoms with van der Waals surface area (Å²) in [5, 5.41) is 4.26. The van der Waals surface area contributed by atoms with E-state index in [2.05, 4.69) is 282 Å². The predicted octanol–water partition coefficient (Wildman–Crippen LogP) is 19.4. The highest BCUT2D eigenvalue weighted by Gasteiger charge is 2.50. The number of hydrogen-bond donors (Lipinski definition) is 0. The minimum atomic E-state index is -0.841. The first-order valence-electron chi connectivity index (χ1n) is 25.5. The number of para-hydroxylation sites is 4. The Morgan fingerprint density at radius 1 is 0.342 bits per heavy atom. The van der Waals surface area contributed by atoms with Crippen LogP contribution >= 0.6 is 0 Å². The first-order chi connectivity index (χ1) is 35.5. The maximum absolute atomic E-state index is 7.32. The van der Waals surface area contributed by atoms with E-state index in [9.17, 15) is 0 Å². The third kappa shape index (κ3) is 6.95. The second-order valence-corrected chi connectivity index (χ2v) is 21.7. The number of rotatable bonds is 8. The molecular formula is C69H56N2O2. The maximum Gasteiger partial charge on any atom is 0.160 e. The molecule has 4 heteroatoms. The first kappa shape index (κ1) is 44.3. The van der Waals surface area contributed by atoms with E-state index in [1.165, 1.54) is 33.4 Å². The van der Waals surface area contributed by atoms with Gasteiger partial charge in [-0.2, -0.15) is 0 Å². The van der Waals surface area contributed by atoms with Crippen LogP contribution in [0.25, 0.3) is 55.0 Å². The number of furan rings is 2. The monoisotopic (exact) mass is 944 g/mol. The minimum Gasteiger partial charge on any atom is -0.454 e. The van der Waals surface area contributed by atoms with E-state index in [1.54, 1.807) is 0 Å². The molecule has 354 valence electrons. The average Bonchev–Trinajstić information content (AvgIpc) is 4.11. The van der Waals surface area contributed by atoms with Crippen molar-refractivity contribution in [1.82, 2.24) is 0 Å². The Morgan fingerprint density at radius 2 is 0.658 bits per heavy atom. The van der Waals surface area contributed by atoms with Crippen molar-refractivity contribution in [2.24, 2.45) is 0 Å². The summed E-state index contributed by atoms with van der Waals surface area (Å²) in [6.07, 6.45) is 0. The van der Waals surface area contributed by atoms with Crippen LogP contribution in [0.15, 0.2) is 239 Å². The highest BCUT2D eigenvalue weighted by Crippen LogP contribution is 2.64. The number of hydrogen-bond acceptors (Lipinski definition) is 4. The summed E-state index contributed by atoms with van der Waals surface area (Å²) in [4.78, 5) is 4.79. The number of benzene rings is 10. The van der Waals surface area contributed by atoms with Gasteiger partial charge in [0.1, 0.15) is 11.2 Å². The molecule has 0 atom stereocenters. The lowest BCUT2D eigenvalue weighted by molar-refractivity contribution is 0.590. The molecule has 0 saturated heterocycles.